The Kier molecular flexibility index (Phi) is 7.49. The second-order valence-electron chi connectivity index (χ2n) is 7.63. The standard InChI is InChI=1S/C22H23ClFIN4O3/c23-16-11-14(25)3-4-17(16)27-20-15(22(30)31)12-18-21(19(20)24)26-13-29(18)6-2-1-5-28-7-9-32-10-8-28/h3-4,11-13,27H,1-2,5-10H2,(H,30,31). The summed E-state index contributed by atoms with van der Waals surface area (Å²) in [6.07, 6.45) is 3.43. The SMILES string of the molecule is O=C(O)c1cc2c(ncn2CCCCN2CCOCC2)c(F)c1Nc1ccc(I)cc1Cl. The molecule has 1 aliphatic rings. The highest BCUT2D eigenvalue weighted by molar-refractivity contribution is 14.1. The Morgan fingerprint density at radius 2 is 2.00 bits per heavy atom. The van der Waals surface area contributed by atoms with Gasteiger partial charge in [0.05, 0.1) is 47.0 Å². The Morgan fingerprint density at radius 3 is 2.72 bits per heavy atom. The number of carboxylic acids is 1. The van der Waals surface area contributed by atoms with Gasteiger partial charge in [0.1, 0.15) is 5.52 Å². The molecule has 1 aliphatic heterocycles. The van der Waals surface area contributed by atoms with Crippen LogP contribution in [0.3, 0.4) is 0 Å². The van der Waals surface area contributed by atoms with Crippen molar-refractivity contribution in [3.63, 3.8) is 0 Å². The molecule has 0 atom stereocenters. The largest absolute Gasteiger partial charge is 0.478 e. The van der Waals surface area contributed by atoms with Gasteiger partial charge in [-0.1, -0.05) is 11.6 Å². The number of nitrogens with one attached hydrogen (secondary N) is 1. The maximum Gasteiger partial charge on any atom is 0.338 e. The van der Waals surface area contributed by atoms with Crippen molar-refractivity contribution in [2.24, 2.45) is 0 Å². The van der Waals surface area contributed by atoms with Crippen LogP contribution in [0, 0.1) is 9.39 Å². The Balaban J connectivity index is 1.55. The number of imidazole rings is 1. The summed E-state index contributed by atoms with van der Waals surface area (Å²) in [5.41, 5.74) is 0.707. The number of aromatic nitrogens is 2. The van der Waals surface area contributed by atoms with E-state index >= 15 is 4.39 Å². The number of nitrogens with zero attached hydrogens (tertiary/aromatic N) is 3. The molecular weight excluding hydrogens is 550 g/mol. The molecule has 4 rings (SSSR count). The number of morpholine rings is 1. The first-order valence-electron chi connectivity index (χ1n) is 10.4. The van der Waals surface area contributed by atoms with Crippen LogP contribution < -0.4 is 5.32 Å². The van der Waals surface area contributed by atoms with Crippen LogP contribution in [0.15, 0.2) is 30.6 Å². The topological polar surface area (TPSA) is 79.6 Å². The first-order valence-corrected chi connectivity index (χ1v) is 11.8. The summed E-state index contributed by atoms with van der Waals surface area (Å²) in [5, 5.41) is 13.0. The van der Waals surface area contributed by atoms with E-state index in [0.717, 1.165) is 49.3 Å². The van der Waals surface area contributed by atoms with Gasteiger partial charge in [-0.25, -0.2) is 14.2 Å². The molecule has 32 heavy (non-hydrogen) atoms. The molecule has 10 heteroatoms. The van der Waals surface area contributed by atoms with Crippen molar-refractivity contribution in [1.82, 2.24) is 14.5 Å². The molecule has 2 heterocycles. The van der Waals surface area contributed by atoms with Gasteiger partial charge >= 0.3 is 5.97 Å². The van der Waals surface area contributed by atoms with Gasteiger partial charge in [-0.15, -0.1) is 0 Å². The van der Waals surface area contributed by atoms with Crippen LogP contribution >= 0.6 is 34.2 Å². The molecule has 1 fully saturated rings. The van der Waals surface area contributed by atoms with Crippen LogP contribution in [0.1, 0.15) is 23.2 Å². The van der Waals surface area contributed by atoms with Crippen molar-refractivity contribution in [2.75, 3.05) is 38.2 Å². The molecule has 3 aromatic rings. The lowest BCUT2D eigenvalue weighted by Gasteiger charge is -2.26. The van der Waals surface area contributed by atoms with Crippen LogP contribution in [0.25, 0.3) is 11.0 Å². The minimum Gasteiger partial charge on any atom is -0.478 e. The van der Waals surface area contributed by atoms with Crippen LogP contribution in [0.5, 0.6) is 0 Å². The Hall–Kier alpha value is -1.95. The second kappa shape index (κ2) is 10.3. The number of aromatic carboxylic acids is 1. The minimum atomic E-state index is -1.23. The smallest absolute Gasteiger partial charge is 0.338 e. The first kappa shape index (κ1) is 23.2. The maximum absolute atomic E-state index is 15.4. The monoisotopic (exact) mass is 572 g/mol. The number of fused-ring (bicyclic) bond motifs is 1. The van der Waals surface area contributed by atoms with E-state index in [2.05, 4.69) is 37.8 Å². The van der Waals surface area contributed by atoms with Gasteiger partial charge in [0.15, 0.2) is 5.82 Å². The third-order valence-corrected chi connectivity index (χ3v) is 6.49. The van der Waals surface area contributed by atoms with E-state index in [-0.39, 0.29) is 16.8 Å². The van der Waals surface area contributed by atoms with Crippen molar-refractivity contribution in [3.05, 3.63) is 50.6 Å². The molecule has 170 valence electrons. The summed E-state index contributed by atoms with van der Waals surface area (Å²) >= 11 is 8.36. The number of rotatable bonds is 8. The van der Waals surface area contributed by atoms with Crippen LogP contribution in [0.2, 0.25) is 5.02 Å². The van der Waals surface area contributed by atoms with E-state index in [1.807, 2.05) is 4.57 Å². The van der Waals surface area contributed by atoms with Gasteiger partial charge in [-0.05, 0) is 66.2 Å². The van der Waals surface area contributed by atoms with E-state index in [9.17, 15) is 9.90 Å². The van der Waals surface area contributed by atoms with Gasteiger partial charge < -0.3 is 19.7 Å². The highest BCUT2D eigenvalue weighted by Gasteiger charge is 2.22. The van der Waals surface area contributed by atoms with Crippen molar-refractivity contribution >= 4 is 62.6 Å². The summed E-state index contributed by atoms with van der Waals surface area (Å²) in [7, 11) is 0. The second-order valence-corrected chi connectivity index (χ2v) is 9.29. The quantitative estimate of drug-likeness (QED) is 0.293. The number of anilines is 2. The summed E-state index contributed by atoms with van der Waals surface area (Å²) in [5.74, 6) is -1.93. The van der Waals surface area contributed by atoms with Gasteiger partial charge in [0, 0.05) is 23.2 Å². The summed E-state index contributed by atoms with van der Waals surface area (Å²) in [6.45, 7) is 5.05. The molecule has 2 aromatic carbocycles. The van der Waals surface area contributed by atoms with Gasteiger partial charge in [0.25, 0.3) is 0 Å². The van der Waals surface area contributed by atoms with Crippen LogP contribution in [-0.2, 0) is 11.3 Å². The normalized spacial score (nSPS) is 14.7. The van der Waals surface area contributed by atoms with Crippen molar-refractivity contribution < 1.29 is 19.0 Å². The molecule has 0 amide bonds. The summed E-state index contributed by atoms with van der Waals surface area (Å²) in [4.78, 5) is 18.5. The number of ether oxygens (including phenoxy) is 1. The number of unbranched alkanes of at least 4 members (excludes halogenated alkanes) is 1. The predicted octanol–water partition coefficient (Wildman–Crippen LogP) is 4.99. The van der Waals surface area contributed by atoms with Gasteiger partial charge in [-0.2, -0.15) is 0 Å². The lowest BCUT2D eigenvalue weighted by Crippen LogP contribution is -2.36. The number of aryl methyl sites for hydroxylation is 1. The summed E-state index contributed by atoms with van der Waals surface area (Å²) < 4.78 is 23.5. The zero-order valence-electron chi connectivity index (χ0n) is 17.3. The number of hydrogen-bond donors (Lipinski definition) is 2. The predicted molar refractivity (Wildman–Crippen MR) is 131 cm³/mol. The van der Waals surface area contributed by atoms with Gasteiger partial charge in [0.2, 0.25) is 0 Å². The van der Waals surface area contributed by atoms with Crippen molar-refractivity contribution in [1.29, 1.82) is 0 Å². The number of hydrogen-bond acceptors (Lipinski definition) is 5. The van der Waals surface area contributed by atoms with E-state index < -0.39 is 11.8 Å². The molecule has 0 aliphatic carbocycles. The number of carbonyl (C=O) groups is 1. The minimum absolute atomic E-state index is 0.132. The van der Waals surface area contributed by atoms with Crippen molar-refractivity contribution in [2.45, 2.75) is 19.4 Å². The molecule has 0 saturated carbocycles. The lowest BCUT2D eigenvalue weighted by molar-refractivity contribution is 0.0371. The van der Waals surface area contributed by atoms with E-state index in [4.69, 9.17) is 16.3 Å². The van der Waals surface area contributed by atoms with Crippen LogP contribution in [-0.4, -0.2) is 58.4 Å². The fourth-order valence-corrected chi connectivity index (χ4v) is 4.70. The number of benzene rings is 2. The van der Waals surface area contributed by atoms with E-state index in [1.54, 1.807) is 24.5 Å². The average molecular weight is 573 g/mol. The summed E-state index contributed by atoms with van der Waals surface area (Å²) in [6, 6.07) is 6.68. The zero-order chi connectivity index (χ0) is 22.7. The molecule has 1 saturated heterocycles. The maximum atomic E-state index is 15.4. The first-order chi connectivity index (χ1) is 15.4. The Bertz CT molecular complexity index is 1130. The van der Waals surface area contributed by atoms with E-state index in [1.165, 1.54) is 6.07 Å². The van der Waals surface area contributed by atoms with Gasteiger partial charge in [-0.3, -0.25) is 4.90 Å². The fraction of sp³-hybridized carbons (Fsp3) is 0.364. The molecule has 1 aromatic heterocycles. The highest BCUT2D eigenvalue weighted by Crippen LogP contribution is 2.34. The van der Waals surface area contributed by atoms with Crippen molar-refractivity contribution in [3.8, 4) is 0 Å². The number of halogens is 3. The molecule has 0 spiro atoms. The third kappa shape index (κ3) is 5.16. The lowest BCUT2D eigenvalue weighted by atomic mass is 10.1. The zero-order valence-corrected chi connectivity index (χ0v) is 20.2. The Labute approximate surface area is 203 Å². The number of carboxylic acid groups (broad SMARTS) is 1. The Morgan fingerprint density at radius 1 is 1.25 bits per heavy atom. The molecule has 7 nitrogen and oxygen atoms in total. The fourth-order valence-electron chi connectivity index (χ4n) is 3.79. The highest BCUT2D eigenvalue weighted by atomic mass is 127. The molecular formula is C22H23ClFIN4O3. The van der Waals surface area contributed by atoms with Crippen LogP contribution in [0.4, 0.5) is 15.8 Å². The molecule has 2 N–H and O–H groups in total. The average Bonchev–Trinajstić information content (AvgIpc) is 3.18. The van der Waals surface area contributed by atoms with E-state index in [0.29, 0.717) is 22.8 Å². The molecule has 0 radical (unpaired) electrons. The molecule has 0 unspecified atom stereocenters. The molecule has 0 bridgehead atoms. The third-order valence-electron chi connectivity index (χ3n) is 5.50.